The third-order valence-electron chi connectivity index (χ3n) is 0.916. The molecule has 0 rings (SSSR count). The lowest BCUT2D eigenvalue weighted by atomic mass is 10.3. The molecule has 11 heavy (non-hydrogen) atoms. The van der Waals surface area contributed by atoms with Gasteiger partial charge in [0.05, 0.1) is 11.8 Å². The van der Waals surface area contributed by atoms with Crippen LogP contribution in [-0.4, -0.2) is 33.8 Å². The molecule has 0 heterocycles. The number of rotatable bonds is 6. The Bertz CT molecular complexity index is 121. The zero-order valence-electron chi connectivity index (χ0n) is 5.93. The number of aliphatic carboxylic acids is 1. The Kier molecular flexibility index (Phi) is 7.33. The summed E-state index contributed by atoms with van der Waals surface area (Å²) in [6.45, 7) is 0. The van der Waals surface area contributed by atoms with E-state index in [1.54, 1.807) is 11.8 Å². The lowest BCUT2D eigenvalue weighted by Crippen LogP contribution is -2.09. The van der Waals surface area contributed by atoms with Gasteiger partial charge in [0, 0.05) is 17.4 Å². The zero-order valence-corrected chi connectivity index (χ0v) is 8.25. The van der Waals surface area contributed by atoms with Gasteiger partial charge in [0.15, 0.2) is 0 Å². The summed E-state index contributed by atoms with van der Waals surface area (Å²) in [5.41, 5.74) is 0. The maximum absolute atomic E-state index is 10.1. The van der Waals surface area contributed by atoms with Gasteiger partial charge in [-0.15, -0.1) is 23.2 Å². The molecule has 1 N–H and O–H groups in total. The highest BCUT2D eigenvalue weighted by Gasteiger charge is 2.08. The summed E-state index contributed by atoms with van der Waals surface area (Å²) in [6, 6.07) is 0. The van der Waals surface area contributed by atoms with E-state index in [0.717, 1.165) is 5.75 Å². The Morgan fingerprint density at radius 3 is 2.73 bits per heavy atom. The quantitative estimate of drug-likeness (QED) is 0.546. The normalized spacial score (nSPS) is 12.9. The average molecular weight is 217 g/mol. The van der Waals surface area contributed by atoms with Crippen LogP contribution in [0.15, 0.2) is 0 Å². The number of hydrogen-bond donors (Lipinski definition) is 1. The molecule has 1 atom stereocenters. The van der Waals surface area contributed by atoms with Crippen molar-refractivity contribution in [3.05, 3.63) is 0 Å². The van der Waals surface area contributed by atoms with E-state index < -0.39 is 5.97 Å². The van der Waals surface area contributed by atoms with Gasteiger partial charge in [-0.3, -0.25) is 4.79 Å². The molecule has 66 valence electrons. The zero-order chi connectivity index (χ0) is 8.69. The molecule has 0 spiro atoms. The van der Waals surface area contributed by atoms with E-state index in [9.17, 15) is 4.79 Å². The second-order valence-electron chi connectivity index (χ2n) is 1.96. The van der Waals surface area contributed by atoms with E-state index in [2.05, 4.69) is 0 Å². The summed E-state index contributed by atoms with van der Waals surface area (Å²) < 4.78 is 0. The fourth-order valence-electron chi connectivity index (χ4n) is 0.514. The van der Waals surface area contributed by atoms with Crippen molar-refractivity contribution >= 4 is 40.9 Å². The Labute approximate surface area is 80.2 Å². The molecule has 0 aliphatic carbocycles. The first-order valence-corrected chi connectivity index (χ1v) is 5.29. The number of carboxylic acid groups (broad SMARTS) is 1. The van der Waals surface area contributed by atoms with Crippen LogP contribution < -0.4 is 0 Å². The van der Waals surface area contributed by atoms with E-state index >= 15 is 0 Å². The van der Waals surface area contributed by atoms with Gasteiger partial charge >= 0.3 is 5.97 Å². The van der Waals surface area contributed by atoms with Crippen LogP contribution in [0, 0.1) is 0 Å². The number of alkyl halides is 2. The molecular weight excluding hydrogens is 207 g/mol. The number of carboxylic acids is 1. The van der Waals surface area contributed by atoms with Gasteiger partial charge < -0.3 is 5.11 Å². The van der Waals surface area contributed by atoms with Crippen LogP contribution in [0.1, 0.15) is 6.42 Å². The standard InChI is InChI=1S/C6H10Cl2O2S/c7-1-2-11-4-5(8)3-6(9)10/h5H,1-4H2,(H,9,10). The lowest BCUT2D eigenvalue weighted by molar-refractivity contribution is -0.136. The largest absolute Gasteiger partial charge is 0.481 e. The van der Waals surface area contributed by atoms with Crippen molar-refractivity contribution in [2.75, 3.05) is 17.4 Å². The number of halogens is 2. The predicted molar refractivity (Wildman–Crippen MR) is 49.9 cm³/mol. The highest BCUT2D eigenvalue weighted by atomic mass is 35.5. The summed E-state index contributed by atoms with van der Waals surface area (Å²) in [5.74, 6) is 1.21. The highest BCUT2D eigenvalue weighted by molar-refractivity contribution is 7.99. The molecule has 1 unspecified atom stereocenters. The molecule has 0 aromatic rings. The Balaban J connectivity index is 3.22. The minimum Gasteiger partial charge on any atom is -0.481 e. The van der Waals surface area contributed by atoms with E-state index in [1.165, 1.54) is 0 Å². The first kappa shape index (κ1) is 11.4. The SMILES string of the molecule is O=C(O)CC(Cl)CSCCCl. The molecule has 0 aliphatic heterocycles. The van der Waals surface area contributed by atoms with Gasteiger partial charge in [-0.1, -0.05) is 0 Å². The summed E-state index contributed by atoms with van der Waals surface area (Å²) in [4.78, 5) is 10.1. The summed E-state index contributed by atoms with van der Waals surface area (Å²) >= 11 is 12.7. The van der Waals surface area contributed by atoms with Crippen molar-refractivity contribution in [3.63, 3.8) is 0 Å². The van der Waals surface area contributed by atoms with Crippen LogP contribution in [-0.2, 0) is 4.79 Å². The van der Waals surface area contributed by atoms with Gasteiger partial charge in [0.2, 0.25) is 0 Å². The van der Waals surface area contributed by atoms with Crippen molar-refractivity contribution in [2.24, 2.45) is 0 Å². The van der Waals surface area contributed by atoms with Crippen molar-refractivity contribution in [2.45, 2.75) is 11.8 Å². The van der Waals surface area contributed by atoms with E-state index in [-0.39, 0.29) is 11.8 Å². The van der Waals surface area contributed by atoms with Gasteiger partial charge in [-0.25, -0.2) is 0 Å². The summed E-state index contributed by atoms with van der Waals surface area (Å²) in [6.07, 6.45) is 0.0246. The van der Waals surface area contributed by atoms with Gasteiger partial charge in [-0.2, -0.15) is 11.8 Å². The molecule has 0 amide bonds. The third-order valence-corrected chi connectivity index (χ3v) is 2.95. The predicted octanol–water partition coefficient (Wildman–Crippen LogP) is 2.04. The fourth-order valence-corrected chi connectivity index (χ4v) is 1.89. The smallest absolute Gasteiger partial charge is 0.304 e. The summed E-state index contributed by atoms with van der Waals surface area (Å²) in [5, 5.41) is 8.04. The van der Waals surface area contributed by atoms with Gasteiger partial charge in [0.25, 0.3) is 0 Å². The number of hydrogen-bond acceptors (Lipinski definition) is 2. The van der Waals surface area contributed by atoms with Crippen molar-refractivity contribution in [1.29, 1.82) is 0 Å². The molecule has 0 saturated heterocycles. The van der Waals surface area contributed by atoms with Crippen molar-refractivity contribution in [3.8, 4) is 0 Å². The highest BCUT2D eigenvalue weighted by Crippen LogP contribution is 2.11. The number of thioether (sulfide) groups is 1. The average Bonchev–Trinajstić information content (AvgIpc) is 1.86. The molecule has 0 aromatic carbocycles. The molecular formula is C6H10Cl2O2S. The van der Waals surface area contributed by atoms with Crippen LogP contribution in [0.2, 0.25) is 0 Å². The number of carbonyl (C=O) groups is 1. The molecule has 5 heteroatoms. The topological polar surface area (TPSA) is 37.3 Å². The minimum absolute atomic E-state index is 0.0246. The molecule has 0 saturated carbocycles. The molecule has 0 aliphatic rings. The first-order chi connectivity index (χ1) is 5.16. The molecule has 0 aromatic heterocycles. The molecule has 0 bridgehead atoms. The molecule has 2 nitrogen and oxygen atoms in total. The molecule has 0 fully saturated rings. The lowest BCUT2D eigenvalue weighted by Gasteiger charge is -2.03. The van der Waals surface area contributed by atoms with Crippen LogP contribution in [0.4, 0.5) is 0 Å². The second kappa shape index (κ2) is 7.07. The van der Waals surface area contributed by atoms with E-state index in [1.807, 2.05) is 0 Å². The maximum Gasteiger partial charge on any atom is 0.304 e. The van der Waals surface area contributed by atoms with E-state index in [0.29, 0.717) is 11.6 Å². The maximum atomic E-state index is 10.1. The first-order valence-electron chi connectivity index (χ1n) is 3.16. The van der Waals surface area contributed by atoms with E-state index in [4.69, 9.17) is 28.3 Å². The summed E-state index contributed by atoms with van der Waals surface area (Å²) in [7, 11) is 0. The Hall–Kier alpha value is 0.400. The van der Waals surface area contributed by atoms with Crippen LogP contribution >= 0.6 is 35.0 Å². The van der Waals surface area contributed by atoms with Crippen LogP contribution in [0.5, 0.6) is 0 Å². The van der Waals surface area contributed by atoms with Crippen molar-refractivity contribution < 1.29 is 9.90 Å². The van der Waals surface area contributed by atoms with Crippen LogP contribution in [0.25, 0.3) is 0 Å². The third kappa shape index (κ3) is 8.30. The second-order valence-corrected chi connectivity index (χ2v) is 4.10. The Morgan fingerprint density at radius 2 is 2.27 bits per heavy atom. The fraction of sp³-hybridized carbons (Fsp3) is 0.833. The van der Waals surface area contributed by atoms with Gasteiger partial charge in [0.1, 0.15) is 0 Å². The van der Waals surface area contributed by atoms with Crippen molar-refractivity contribution in [1.82, 2.24) is 0 Å². The molecule has 0 radical (unpaired) electrons. The van der Waals surface area contributed by atoms with Crippen LogP contribution in [0.3, 0.4) is 0 Å². The Morgan fingerprint density at radius 1 is 1.64 bits per heavy atom. The monoisotopic (exact) mass is 216 g/mol. The van der Waals surface area contributed by atoms with Gasteiger partial charge in [-0.05, 0) is 0 Å². The minimum atomic E-state index is -0.850.